The molecule has 0 spiro atoms. The van der Waals surface area contributed by atoms with Crippen LogP contribution in [0.15, 0.2) is 36.4 Å². The number of ether oxygens (including phenoxy) is 3. The lowest BCUT2D eigenvalue weighted by Crippen LogP contribution is -2.40. The first kappa shape index (κ1) is 17.3. The standard InChI is InChI=1S/C21H25NO4/c1-15-4-2-3-5-19(15)16-10-17-12-22(13-18-14-24-8-9-25-18)6-7-26-21(17)20(23)11-16/h2-5,10-11,18,23H,6-9,12-14H2,1H3. The first-order valence-corrected chi connectivity index (χ1v) is 9.17. The van der Waals surface area contributed by atoms with Crippen molar-refractivity contribution < 1.29 is 19.3 Å². The molecule has 138 valence electrons. The average molecular weight is 355 g/mol. The molecule has 2 aromatic carbocycles. The molecule has 1 unspecified atom stereocenters. The monoisotopic (exact) mass is 355 g/mol. The minimum Gasteiger partial charge on any atom is -0.504 e. The predicted molar refractivity (Wildman–Crippen MR) is 99.6 cm³/mol. The molecular weight excluding hydrogens is 330 g/mol. The lowest BCUT2D eigenvalue weighted by Gasteiger charge is -2.28. The van der Waals surface area contributed by atoms with Gasteiger partial charge in [-0.2, -0.15) is 0 Å². The first-order valence-electron chi connectivity index (χ1n) is 9.17. The molecule has 0 aliphatic carbocycles. The van der Waals surface area contributed by atoms with Crippen molar-refractivity contribution in [2.24, 2.45) is 0 Å². The van der Waals surface area contributed by atoms with Gasteiger partial charge in [0.05, 0.1) is 25.9 Å². The van der Waals surface area contributed by atoms with E-state index < -0.39 is 0 Å². The normalized spacial score (nSPS) is 20.9. The van der Waals surface area contributed by atoms with E-state index in [1.54, 1.807) is 6.07 Å². The lowest BCUT2D eigenvalue weighted by atomic mass is 9.98. The van der Waals surface area contributed by atoms with Gasteiger partial charge in [0.2, 0.25) is 0 Å². The van der Waals surface area contributed by atoms with Crippen LogP contribution in [0.2, 0.25) is 0 Å². The largest absolute Gasteiger partial charge is 0.504 e. The molecule has 0 saturated carbocycles. The minimum absolute atomic E-state index is 0.0958. The Balaban J connectivity index is 1.60. The van der Waals surface area contributed by atoms with E-state index in [1.807, 2.05) is 12.1 Å². The van der Waals surface area contributed by atoms with E-state index in [1.165, 1.54) is 5.56 Å². The third-order valence-electron chi connectivity index (χ3n) is 5.00. The van der Waals surface area contributed by atoms with Crippen LogP contribution in [0.25, 0.3) is 11.1 Å². The summed E-state index contributed by atoms with van der Waals surface area (Å²) >= 11 is 0. The molecule has 0 radical (unpaired) electrons. The topological polar surface area (TPSA) is 51.2 Å². The van der Waals surface area contributed by atoms with Gasteiger partial charge in [-0.25, -0.2) is 0 Å². The Morgan fingerprint density at radius 3 is 2.85 bits per heavy atom. The molecule has 2 aliphatic heterocycles. The van der Waals surface area contributed by atoms with Crippen LogP contribution >= 0.6 is 0 Å². The van der Waals surface area contributed by atoms with Gasteiger partial charge in [0, 0.05) is 25.2 Å². The summed E-state index contributed by atoms with van der Waals surface area (Å²) in [7, 11) is 0. The van der Waals surface area contributed by atoms with Crippen LogP contribution < -0.4 is 4.74 Å². The molecule has 0 amide bonds. The average Bonchev–Trinajstić information content (AvgIpc) is 2.85. The van der Waals surface area contributed by atoms with Gasteiger partial charge in [-0.05, 0) is 35.7 Å². The van der Waals surface area contributed by atoms with Crippen LogP contribution in [0.4, 0.5) is 0 Å². The number of fused-ring (bicyclic) bond motifs is 1. The highest BCUT2D eigenvalue weighted by molar-refractivity contribution is 5.71. The molecule has 4 rings (SSSR count). The molecule has 1 saturated heterocycles. The summed E-state index contributed by atoms with van der Waals surface area (Å²) < 4.78 is 17.2. The number of aryl methyl sites for hydroxylation is 1. The Hall–Kier alpha value is -2.08. The fraction of sp³-hybridized carbons (Fsp3) is 0.429. The molecule has 2 aromatic rings. The van der Waals surface area contributed by atoms with Crippen LogP contribution in [0, 0.1) is 6.92 Å². The second-order valence-electron chi connectivity index (χ2n) is 6.95. The molecule has 1 fully saturated rings. The SMILES string of the molecule is Cc1ccccc1-c1cc(O)c2c(c1)CN(CC1COCCO1)CCO2. The fourth-order valence-electron chi connectivity index (χ4n) is 3.69. The zero-order valence-corrected chi connectivity index (χ0v) is 15.1. The van der Waals surface area contributed by atoms with E-state index in [2.05, 4.69) is 30.0 Å². The van der Waals surface area contributed by atoms with E-state index in [4.69, 9.17) is 14.2 Å². The third kappa shape index (κ3) is 3.70. The highest BCUT2D eigenvalue weighted by Crippen LogP contribution is 2.38. The van der Waals surface area contributed by atoms with Crippen molar-refractivity contribution in [3.63, 3.8) is 0 Å². The zero-order valence-electron chi connectivity index (χ0n) is 15.1. The number of hydrogen-bond donors (Lipinski definition) is 1. The highest BCUT2D eigenvalue weighted by Gasteiger charge is 2.23. The Morgan fingerprint density at radius 2 is 2.04 bits per heavy atom. The smallest absolute Gasteiger partial charge is 0.165 e. The molecule has 1 N–H and O–H groups in total. The van der Waals surface area contributed by atoms with Crippen molar-refractivity contribution >= 4 is 0 Å². The van der Waals surface area contributed by atoms with Crippen molar-refractivity contribution in [2.45, 2.75) is 19.6 Å². The summed E-state index contributed by atoms with van der Waals surface area (Å²) in [5.74, 6) is 0.811. The van der Waals surface area contributed by atoms with Crippen molar-refractivity contribution in [1.29, 1.82) is 0 Å². The van der Waals surface area contributed by atoms with Gasteiger partial charge in [0.1, 0.15) is 6.61 Å². The summed E-state index contributed by atoms with van der Waals surface area (Å²) in [5, 5.41) is 10.5. The third-order valence-corrected chi connectivity index (χ3v) is 5.00. The van der Waals surface area contributed by atoms with Crippen molar-refractivity contribution in [3.8, 4) is 22.6 Å². The molecule has 5 nitrogen and oxygen atoms in total. The maximum Gasteiger partial charge on any atom is 0.165 e. The highest BCUT2D eigenvalue weighted by atomic mass is 16.6. The minimum atomic E-state index is 0.0958. The Morgan fingerprint density at radius 1 is 1.15 bits per heavy atom. The fourth-order valence-corrected chi connectivity index (χ4v) is 3.69. The molecule has 1 atom stereocenters. The molecule has 5 heteroatoms. The van der Waals surface area contributed by atoms with Crippen molar-refractivity contribution in [1.82, 2.24) is 4.90 Å². The van der Waals surface area contributed by atoms with Crippen molar-refractivity contribution in [3.05, 3.63) is 47.5 Å². The molecule has 2 aliphatic rings. The van der Waals surface area contributed by atoms with E-state index in [0.717, 1.165) is 36.3 Å². The van der Waals surface area contributed by atoms with Crippen molar-refractivity contribution in [2.75, 3.05) is 39.5 Å². The molecular formula is C21H25NO4. The lowest BCUT2D eigenvalue weighted by molar-refractivity contribution is -0.0982. The summed E-state index contributed by atoms with van der Waals surface area (Å²) in [6.07, 6.45) is 0.0958. The molecule has 2 heterocycles. The van der Waals surface area contributed by atoms with Gasteiger partial charge in [-0.15, -0.1) is 0 Å². The van der Waals surface area contributed by atoms with Gasteiger partial charge in [0.25, 0.3) is 0 Å². The quantitative estimate of drug-likeness (QED) is 0.917. The molecule has 26 heavy (non-hydrogen) atoms. The van der Waals surface area contributed by atoms with Crippen LogP contribution in [0.3, 0.4) is 0 Å². The summed E-state index contributed by atoms with van der Waals surface area (Å²) in [4.78, 5) is 2.31. The van der Waals surface area contributed by atoms with E-state index in [0.29, 0.717) is 32.2 Å². The van der Waals surface area contributed by atoms with Crippen LogP contribution in [0.1, 0.15) is 11.1 Å². The maximum absolute atomic E-state index is 10.5. The molecule has 0 aromatic heterocycles. The first-order chi connectivity index (χ1) is 12.7. The Bertz CT molecular complexity index is 771. The van der Waals surface area contributed by atoms with Crippen LogP contribution in [-0.2, 0) is 16.0 Å². The Labute approximate surface area is 154 Å². The van der Waals surface area contributed by atoms with Crippen LogP contribution in [0.5, 0.6) is 11.5 Å². The number of phenolic OH excluding ortho intramolecular Hbond substituents is 1. The number of rotatable bonds is 3. The summed E-state index contributed by atoms with van der Waals surface area (Å²) in [5.41, 5.74) is 4.34. The molecule has 0 bridgehead atoms. The number of aromatic hydroxyl groups is 1. The zero-order chi connectivity index (χ0) is 17.9. The number of phenols is 1. The second kappa shape index (κ2) is 7.66. The van der Waals surface area contributed by atoms with Gasteiger partial charge >= 0.3 is 0 Å². The Kier molecular flexibility index (Phi) is 5.11. The predicted octanol–water partition coefficient (Wildman–Crippen LogP) is 2.98. The van der Waals surface area contributed by atoms with E-state index >= 15 is 0 Å². The number of benzene rings is 2. The van der Waals surface area contributed by atoms with Gasteiger partial charge in [-0.1, -0.05) is 24.3 Å². The summed E-state index contributed by atoms with van der Waals surface area (Å²) in [6.45, 7) is 6.94. The van der Waals surface area contributed by atoms with E-state index in [9.17, 15) is 5.11 Å². The van der Waals surface area contributed by atoms with Gasteiger partial charge in [-0.3, -0.25) is 4.90 Å². The number of hydrogen-bond acceptors (Lipinski definition) is 5. The second-order valence-corrected chi connectivity index (χ2v) is 6.95. The van der Waals surface area contributed by atoms with Crippen LogP contribution in [-0.4, -0.2) is 55.6 Å². The number of nitrogens with zero attached hydrogens (tertiary/aromatic N) is 1. The maximum atomic E-state index is 10.5. The van der Waals surface area contributed by atoms with Gasteiger partial charge in [0.15, 0.2) is 11.5 Å². The van der Waals surface area contributed by atoms with E-state index in [-0.39, 0.29) is 11.9 Å². The summed E-state index contributed by atoms with van der Waals surface area (Å²) in [6, 6.07) is 12.1. The van der Waals surface area contributed by atoms with Gasteiger partial charge < -0.3 is 19.3 Å².